The van der Waals surface area contributed by atoms with Crippen LogP contribution in [0, 0.1) is 13.8 Å². The van der Waals surface area contributed by atoms with Gasteiger partial charge in [0.05, 0.1) is 14.2 Å². The number of rotatable bonds is 3. The molecule has 0 aliphatic rings. The zero-order valence-corrected chi connectivity index (χ0v) is 14.2. The number of hydrogen-bond acceptors (Lipinski definition) is 3. The minimum absolute atomic E-state index is 0.152. The molecule has 0 fully saturated rings. The van der Waals surface area contributed by atoms with E-state index in [2.05, 4.69) is 27.0 Å². The molecule has 0 saturated carbocycles. The summed E-state index contributed by atoms with van der Waals surface area (Å²) in [6.45, 7) is 3.94. The second-order valence-corrected chi connectivity index (χ2v) is 7.54. The number of carbonyl (C=O) groups is 1. The normalized spacial score (nSPS) is 11.0. The third-order valence-electron chi connectivity index (χ3n) is 3.44. The van der Waals surface area contributed by atoms with Crippen LogP contribution < -0.4 is 0 Å². The van der Waals surface area contributed by atoms with E-state index in [0.717, 1.165) is 36.4 Å². The molecule has 0 saturated heterocycles. The van der Waals surface area contributed by atoms with Gasteiger partial charge in [0.15, 0.2) is 5.78 Å². The lowest BCUT2D eigenvalue weighted by Crippen LogP contribution is -2.04. The molecule has 0 spiro atoms. The molecule has 0 aliphatic heterocycles. The molecule has 0 unspecified atom stereocenters. The highest BCUT2D eigenvalue weighted by Crippen LogP contribution is 2.28. The van der Waals surface area contributed by atoms with Crippen LogP contribution in [-0.4, -0.2) is 10.8 Å². The SMILES string of the molecule is Cc1ccc2cccc(CC(=O)c3sc(Br)cc3C)c2n1. The summed E-state index contributed by atoms with van der Waals surface area (Å²) in [5.74, 6) is 0.152. The van der Waals surface area contributed by atoms with Crippen molar-refractivity contribution >= 4 is 44.0 Å². The molecule has 4 heteroatoms. The van der Waals surface area contributed by atoms with E-state index in [1.54, 1.807) is 0 Å². The number of Topliss-reactive ketones (excluding diaryl/α,β-unsaturated/α-hetero) is 1. The number of nitrogens with zero attached hydrogens (tertiary/aromatic N) is 1. The van der Waals surface area contributed by atoms with Crippen molar-refractivity contribution in [3.63, 3.8) is 0 Å². The van der Waals surface area contributed by atoms with Crippen LogP contribution in [0.25, 0.3) is 10.9 Å². The minimum Gasteiger partial charge on any atom is -0.293 e. The van der Waals surface area contributed by atoms with Crippen LogP contribution in [0.3, 0.4) is 0 Å². The number of pyridine rings is 1. The second-order valence-electron chi connectivity index (χ2n) is 5.10. The van der Waals surface area contributed by atoms with Gasteiger partial charge in [-0.05, 0) is 53.0 Å². The van der Waals surface area contributed by atoms with Crippen molar-refractivity contribution in [1.29, 1.82) is 0 Å². The lowest BCUT2D eigenvalue weighted by atomic mass is 10.0. The zero-order chi connectivity index (χ0) is 15.0. The molecule has 0 N–H and O–H groups in total. The van der Waals surface area contributed by atoms with Gasteiger partial charge in [-0.15, -0.1) is 11.3 Å². The van der Waals surface area contributed by atoms with Crippen molar-refractivity contribution in [2.45, 2.75) is 20.3 Å². The van der Waals surface area contributed by atoms with E-state index in [4.69, 9.17) is 0 Å². The Hall–Kier alpha value is -1.52. The van der Waals surface area contributed by atoms with E-state index in [1.807, 2.05) is 44.2 Å². The number of halogens is 1. The van der Waals surface area contributed by atoms with Crippen LogP contribution in [0.5, 0.6) is 0 Å². The molecule has 2 heterocycles. The Morgan fingerprint density at radius 3 is 2.76 bits per heavy atom. The molecular formula is C17H14BrNOS. The maximum Gasteiger partial charge on any atom is 0.177 e. The lowest BCUT2D eigenvalue weighted by molar-refractivity contribution is 0.0996. The average molecular weight is 360 g/mol. The van der Waals surface area contributed by atoms with Gasteiger partial charge < -0.3 is 0 Å². The van der Waals surface area contributed by atoms with Crippen LogP contribution >= 0.6 is 27.3 Å². The highest BCUT2D eigenvalue weighted by atomic mass is 79.9. The first-order valence-electron chi connectivity index (χ1n) is 6.69. The van der Waals surface area contributed by atoms with E-state index in [-0.39, 0.29) is 5.78 Å². The monoisotopic (exact) mass is 359 g/mol. The number of hydrogen-bond donors (Lipinski definition) is 0. The zero-order valence-electron chi connectivity index (χ0n) is 11.8. The van der Waals surface area contributed by atoms with Gasteiger partial charge in [0.2, 0.25) is 0 Å². The van der Waals surface area contributed by atoms with Gasteiger partial charge in [-0.1, -0.05) is 24.3 Å². The molecule has 0 radical (unpaired) electrons. The predicted octanol–water partition coefficient (Wildman–Crippen LogP) is 5.10. The van der Waals surface area contributed by atoms with Gasteiger partial charge >= 0.3 is 0 Å². The largest absolute Gasteiger partial charge is 0.293 e. The molecule has 0 amide bonds. The Labute approximate surface area is 136 Å². The number of ketones is 1. The standard InChI is InChI=1S/C17H14BrNOS/c1-10-8-15(18)21-17(10)14(20)9-13-5-3-4-12-7-6-11(2)19-16(12)13/h3-8H,9H2,1-2H3. The summed E-state index contributed by atoms with van der Waals surface area (Å²) < 4.78 is 0.996. The summed E-state index contributed by atoms with van der Waals surface area (Å²) in [5, 5.41) is 1.08. The number of aryl methyl sites for hydroxylation is 2. The molecule has 106 valence electrons. The van der Waals surface area contributed by atoms with E-state index < -0.39 is 0 Å². The van der Waals surface area contributed by atoms with Crippen molar-refractivity contribution < 1.29 is 4.79 Å². The van der Waals surface area contributed by atoms with Gasteiger partial charge in [-0.25, -0.2) is 0 Å². The Morgan fingerprint density at radius 2 is 2.05 bits per heavy atom. The highest BCUT2D eigenvalue weighted by Gasteiger charge is 2.15. The van der Waals surface area contributed by atoms with Crippen molar-refractivity contribution in [3.05, 3.63) is 61.9 Å². The van der Waals surface area contributed by atoms with E-state index >= 15 is 0 Å². The van der Waals surface area contributed by atoms with Crippen molar-refractivity contribution in [3.8, 4) is 0 Å². The van der Waals surface area contributed by atoms with Gasteiger partial charge in [0.1, 0.15) is 0 Å². The summed E-state index contributed by atoms with van der Waals surface area (Å²) in [6.07, 6.45) is 0.390. The maximum absolute atomic E-state index is 12.5. The first kappa shape index (κ1) is 14.4. The molecular weight excluding hydrogens is 346 g/mol. The number of aromatic nitrogens is 1. The summed E-state index contributed by atoms with van der Waals surface area (Å²) >= 11 is 4.94. The number of carbonyl (C=O) groups excluding carboxylic acids is 1. The van der Waals surface area contributed by atoms with Crippen molar-refractivity contribution in [2.75, 3.05) is 0 Å². The fourth-order valence-electron chi connectivity index (χ4n) is 2.42. The van der Waals surface area contributed by atoms with Crippen LogP contribution in [0.15, 0.2) is 40.2 Å². The Morgan fingerprint density at radius 1 is 1.24 bits per heavy atom. The summed E-state index contributed by atoms with van der Waals surface area (Å²) in [5.41, 5.74) is 3.92. The second kappa shape index (κ2) is 5.70. The van der Waals surface area contributed by atoms with Crippen molar-refractivity contribution in [2.24, 2.45) is 0 Å². The molecule has 0 aliphatic carbocycles. The van der Waals surface area contributed by atoms with Crippen LogP contribution in [-0.2, 0) is 6.42 Å². The molecule has 3 aromatic rings. The Balaban J connectivity index is 2.00. The summed E-state index contributed by atoms with van der Waals surface area (Å²) in [7, 11) is 0. The lowest BCUT2D eigenvalue weighted by Gasteiger charge is -2.06. The van der Waals surface area contributed by atoms with Gasteiger partial charge in [0, 0.05) is 17.5 Å². The van der Waals surface area contributed by atoms with Crippen LogP contribution in [0.4, 0.5) is 0 Å². The molecule has 0 atom stereocenters. The predicted molar refractivity (Wildman–Crippen MR) is 91.3 cm³/mol. The van der Waals surface area contributed by atoms with E-state index in [0.29, 0.717) is 6.42 Å². The quantitative estimate of drug-likeness (QED) is 0.608. The third kappa shape index (κ3) is 2.92. The maximum atomic E-state index is 12.5. The van der Waals surface area contributed by atoms with Crippen LogP contribution in [0.2, 0.25) is 0 Å². The molecule has 21 heavy (non-hydrogen) atoms. The van der Waals surface area contributed by atoms with Gasteiger partial charge in [0.25, 0.3) is 0 Å². The summed E-state index contributed by atoms with van der Waals surface area (Å²) in [6, 6.07) is 12.0. The fraction of sp³-hybridized carbons (Fsp3) is 0.176. The molecule has 1 aromatic carbocycles. The summed E-state index contributed by atoms with van der Waals surface area (Å²) in [4.78, 5) is 18.0. The van der Waals surface area contributed by atoms with Gasteiger partial charge in [-0.3, -0.25) is 9.78 Å². The minimum atomic E-state index is 0.152. The smallest absolute Gasteiger partial charge is 0.177 e. The highest BCUT2D eigenvalue weighted by molar-refractivity contribution is 9.11. The number of para-hydroxylation sites is 1. The van der Waals surface area contributed by atoms with Gasteiger partial charge in [-0.2, -0.15) is 0 Å². The first-order valence-corrected chi connectivity index (χ1v) is 8.30. The first-order chi connectivity index (χ1) is 10.0. The molecule has 0 bridgehead atoms. The topological polar surface area (TPSA) is 30.0 Å². The molecule has 3 rings (SSSR count). The number of thiophene rings is 1. The van der Waals surface area contributed by atoms with Crippen LogP contribution in [0.1, 0.15) is 26.5 Å². The van der Waals surface area contributed by atoms with E-state index in [1.165, 1.54) is 11.3 Å². The number of fused-ring (bicyclic) bond motifs is 1. The van der Waals surface area contributed by atoms with E-state index in [9.17, 15) is 4.79 Å². The van der Waals surface area contributed by atoms with Crippen molar-refractivity contribution in [1.82, 2.24) is 4.98 Å². The Kier molecular flexibility index (Phi) is 3.91. The molecule has 2 aromatic heterocycles. The number of benzene rings is 1. The fourth-order valence-corrected chi connectivity index (χ4v) is 4.09. The third-order valence-corrected chi connectivity index (χ3v) is 5.22. The Bertz CT molecular complexity index is 838. The average Bonchev–Trinajstić information content (AvgIpc) is 2.78. The molecule has 2 nitrogen and oxygen atoms in total.